The fraction of sp³-hybridized carbons (Fsp3) is 0.462. The van der Waals surface area contributed by atoms with Gasteiger partial charge in [-0.3, -0.25) is 0 Å². The summed E-state index contributed by atoms with van der Waals surface area (Å²) in [5.74, 6) is 0. The second-order valence-corrected chi connectivity index (χ2v) is 4.72. The number of benzene rings is 1. The largest absolute Gasteiger partial charge is 0.384 e. The molecule has 0 aliphatic heterocycles. The molecule has 3 nitrogen and oxygen atoms in total. The van der Waals surface area contributed by atoms with E-state index in [-0.39, 0.29) is 0 Å². The predicted molar refractivity (Wildman–Crippen MR) is 70.3 cm³/mol. The zero-order chi connectivity index (χ0) is 12.1. The molecule has 4 heteroatoms. The summed E-state index contributed by atoms with van der Waals surface area (Å²) < 4.78 is 0. The van der Waals surface area contributed by atoms with Gasteiger partial charge in [0.05, 0.1) is 22.3 Å². The second kappa shape index (κ2) is 5.90. The smallest absolute Gasteiger partial charge is 0.0992 e. The number of anilines is 1. The summed E-state index contributed by atoms with van der Waals surface area (Å²) in [6, 6.07) is 8.16. The fourth-order valence-corrected chi connectivity index (χ4v) is 1.88. The Balaban J connectivity index is 1.72. The first-order chi connectivity index (χ1) is 8.29. The van der Waals surface area contributed by atoms with Crippen molar-refractivity contribution in [2.75, 3.05) is 18.4 Å². The van der Waals surface area contributed by atoms with Crippen LogP contribution in [0.3, 0.4) is 0 Å². The molecule has 0 heterocycles. The van der Waals surface area contributed by atoms with Crippen molar-refractivity contribution < 1.29 is 0 Å². The van der Waals surface area contributed by atoms with E-state index in [0.717, 1.165) is 31.2 Å². The van der Waals surface area contributed by atoms with Crippen molar-refractivity contribution in [2.24, 2.45) is 0 Å². The number of hydrogen-bond donors (Lipinski definition) is 2. The van der Waals surface area contributed by atoms with Gasteiger partial charge < -0.3 is 10.6 Å². The van der Waals surface area contributed by atoms with Gasteiger partial charge in [0.25, 0.3) is 0 Å². The number of hydrogen-bond acceptors (Lipinski definition) is 3. The third kappa shape index (κ3) is 3.92. The van der Waals surface area contributed by atoms with Crippen molar-refractivity contribution in [1.82, 2.24) is 5.32 Å². The van der Waals surface area contributed by atoms with Crippen molar-refractivity contribution in [3.05, 3.63) is 28.8 Å². The quantitative estimate of drug-likeness (QED) is 0.763. The first kappa shape index (κ1) is 12.2. The van der Waals surface area contributed by atoms with E-state index >= 15 is 0 Å². The SMILES string of the molecule is N#Cc1ccc(NCCCNC2CC2)c(Cl)c1. The molecule has 1 aliphatic rings. The van der Waals surface area contributed by atoms with Gasteiger partial charge in [-0.25, -0.2) is 0 Å². The summed E-state index contributed by atoms with van der Waals surface area (Å²) >= 11 is 6.05. The summed E-state index contributed by atoms with van der Waals surface area (Å²) in [4.78, 5) is 0. The van der Waals surface area contributed by atoms with E-state index in [4.69, 9.17) is 16.9 Å². The lowest BCUT2D eigenvalue weighted by Crippen LogP contribution is -2.19. The predicted octanol–water partition coefficient (Wildman–Crippen LogP) is 2.77. The molecule has 0 bridgehead atoms. The van der Waals surface area contributed by atoms with E-state index in [1.54, 1.807) is 12.1 Å². The standard InChI is InChI=1S/C13H16ClN3/c14-12-8-10(9-15)2-5-13(12)17-7-1-6-16-11-3-4-11/h2,5,8,11,16-17H,1,3-4,6-7H2. The summed E-state index contributed by atoms with van der Waals surface area (Å²) in [5, 5.41) is 16.1. The molecule has 1 fully saturated rings. The second-order valence-electron chi connectivity index (χ2n) is 4.32. The van der Waals surface area contributed by atoms with Crippen LogP contribution >= 0.6 is 11.6 Å². The fourth-order valence-electron chi connectivity index (χ4n) is 1.63. The van der Waals surface area contributed by atoms with Crippen LogP contribution in [0.25, 0.3) is 0 Å². The molecule has 2 N–H and O–H groups in total. The van der Waals surface area contributed by atoms with Crippen LogP contribution in [0.4, 0.5) is 5.69 Å². The van der Waals surface area contributed by atoms with Gasteiger partial charge in [-0.15, -0.1) is 0 Å². The van der Waals surface area contributed by atoms with Crippen molar-refractivity contribution in [3.63, 3.8) is 0 Å². The Morgan fingerprint density at radius 2 is 2.18 bits per heavy atom. The molecule has 0 saturated heterocycles. The van der Waals surface area contributed by atoms with Crippen LogP contribution in [0.1, 0.15) is 24.8 Å². The topological polar surface area (TPSA) is 47.9 Å². The van der Waals surface area contributed by atoms with Crippen LogP contribution in [0.5, 0.6) is 0 Å². The minimum atomic E-state index is 0.593. The lowest BCUT2D eigenvalue weighted by atomic mass is 10.2. The molecule has 1 saturated carbocycles. The van der Waals surface area contributed by atoms with Gasteiger partial charge in [0.2, 0.25) is 0 Å². The third-order valence-electron chi connectivity index (χ3n) is 2.78. The minimum absolute atomic E-state index is 0.593. The molecule has 17 heavy (non-hydrogen) atoms. The highest BCUT2D eigenvalue weighted by atomic mass is 35.5. The van der Waals surface area contributed by atoms with E-state index in [9.17, 15) is 0 Å². The average molecular weight is 250 g/mol. The lowest BCUT2D eigenvalue weighted by molar-refractivity contribution is 0.659. The van der Waals surface area contributed by atoms with Gasteiger partial charge in [0.1, 0.15) is 0 Å². The molecule has 0 unspecified atom stereocenters. The first-order valence-electron chi connectivity index (χ1n) is 5.96. The Bertz CT molecular complexity index is 421. The van der Waals surface area contributed by atoms with E-state index in [0.29, 0.717) is 10.6 Å². The van der Waals surface area contributed by atoms with E-state index < -0.39 is 0 Å². The van der Waals surface area contributed by atoms with Gasteiger partial charge >= 0.3 is 0 Å². The zero-order valence-electron chi connectivity index (χ0n) is 9.67. The molecule has 0 spiro atoms. The van der Waals surface area contributed by atoms with Crippen molar-refractivity contribution in [2.45, 2.75) is 25.3 Å². The van der Waals surface area contributed by atoms with E-state index in [1.165, 1.54) is 12.8 Å². The third-order valence-corrected chi connectivity index (χ3v) is 3.09. The molecule has 0 atom stereocenters. The van der Waals surface area contributed by atoms with Gasteiger partial charge in [0.15, 0.2) is 0 Å². The molecular formula is C13H16ClN3. The molecule has 0 amide bonds. The van der Waals surface area contributed by atoms with Gasteiger partial charge in [-0.2, -0.15) is 5.26 Å². The number of nitrogens with zero attached hydrogens (tertiary/aromatic N) is 1. The van der Waals surface area contributed by atoms with Crippen LogP contribution in [-0.2, 0) is 0 Å². The molecule has 2 rings (SSSR count). The Hall–Kier alpha value is -1.24. The number of nitrogens with one attached hydrogen (secondary N) is 2. The average Bonchev–Trinajstić information content (AvgIpc) is 3.14. The zero-order valence-corrected chi connectivity index (χ0v) is 10.4. The maximum absolute atomic E-state index is 8.72. The Labute approximate surface area is 107 Å². The highest BCUT2D eigenvalue weighted by Gasteiger charge is 2.19. The molecule has 0 aromatic heterocycles. The van der Waals surface area contributed by atoms with Gasteiger partial charge in [-0.05, 0) is 44.0 Å². The van der Waals surface area contributed by atoms with Crippen LogP contribution in [0.15, 0.2) is 18.2 Å². The van der Waals surface area contributed by atoms with Crippen LogP contribution in [-0.4, -0.2) is 19.1 Å². The number of rotatable bonds is 6. The number of halogens is 1. The minimum Gasteiger partial charge on any atom is -0.384 e. The van der Waals surface area contributed by atoms with E-state index in [2.05, 4.69) is 16.7 Å². The van der Waals surface area contributed by atoms with Gasteiger partial charge in [0, 0.05) is 12.6 Å². The van der Waals surface area contributed by atoms with Crippen molar-refractivity contribution in [3.8, 4) is 6.07 Å². The molecule has 1 aliphatic carbocycles. The van der Waals surface area contributed by atoms with Crippen LogP contribution in [0, 0.1) is 11.3 Å². The maximum atomic E-state index is 8.72. The molecule has 1 aromatic carbocycles. The van der Waals surface area contributed by atoms with Crippen LogP contribution in [0.2, 0.25) is 5.02 Å². The summed E-state index contributed by atoms with van der Waals surface area (Å²) in [5.41, 5.74) is 1.49. The molecular weight excluding hydrogens is 234 g/mol. The van der Waals surface area contributed by atoms with Gasteiger partial charge in [-0.1, -0.05) is 11.6 Å². The highest BCUT2D eigenvalue weighted by Crippen LogP contribution is 2.22. The highest BCUT2D eigenvalue weighted by molar-refractivity contribution is 6.33. The van der Waals surface area contributed by atoms with Crippen molar-refractivity contribution >= 4 is 17.3 Å². The first-order valence-corrected chi connectivity index (χ1v) is 6.34. The molecule has 1 aromatic rings. The Morgan fingerprint density at radius 3 is 2.82 bits per heavy atom. The monoisotopic (exact) mass is 249 g/mol. The normalized spacial score (nSPS) is 14.4. The Morgan fingerprint density at radius 1 is 1.35 bits per heavy atom. The summed E-state index contributed by atoms with van der Waals surface area (Å²) in [6.45, 7) is 1.94. The number of nitriles is 1. The van der Waals surface area contributed by atoms with Crippen LogP contribution < -0.4 is 10.6 Å². The maximum Gasteiger partial charge on any atom is 0.0992 e. The Kier molecular flexibility index (Phi) is 4.24. The van der Waals surface area contributed by atoms with E-state index in [1.807, 2.05) is 6.07 Å². The lowest BCUT2D eigenvalue weighted by Gasteiger charge is -2.08. The molecule has 90 valence electrons. The summed E-state index contributed by atoms with van der Waals surface area (Å²) in [7, 11) is 0. The molecule has 0 radical (unpaired) electrons. The van der Waals surface area contributed by atoms with Crippen molar-refractivity contribution in [1.29, 1.82) is 5.26 Å². The summed E-state index contributed by atoms with van der Waals surface area (Å²) in [6.07, 6.45) is 3.73.